The highest BCUT2D eigenvalue weighted by atomic mass is 79.9. The third-order valence-electron chi connectivity index (χ3n) is 2.17. The minimum absolute atomic E-state index is 0.00862. The van der Waals surface area contributed by atoms with Crippen LogP contribution in [-0.4, -0.2) is 30.9 Å². The molecule has 1 rings (SSSR count). The second kappa shape index (κ2) is 7.16. The summed E-state index contributed by atoms with van der Waals surface area (Å²) in [5.41, 5.74) is -0.268. The Morgan fingerprint density at radius 1 is 1.60 bits per heavy atom. The molecule has 0 aliphatic heterocycles. The number of nitrogens with one attached hydrogen (secondary N) is 1. The second-order valence-electron chi connectivity index (χ2n) is 3.45. The number of methoxy groups -OCH3 is 1. The van der Waals surface area contributed by atoms with Crippen molar-refractivity contribution in [2.24, 2.45) is 0 Å². The van der Waals surface area contributed by atoms with E-state index in [0.29, 0.717) is 4.47 Å². The Labute approximate surface area is 128 Å². The zero-order chi connectivity index (χ0) is 15.3. The average Bonchev–Trinajstić information content (AvgIpc) is 2.40. The van der Waals surface area contributed by atoms with E-state index in [0.717, 1.165) is 0 Å². The minimum Gasteiger partial charge on any atom is -0.493 e. The molecule has 0 spiro atoms. The largest absolute Gasteiger partial charge is 0.493 e. The zero-order valence-corrected chi connectivity index (χ0v) is 12.7. The van der Waals surface area contributed by atoms with Crippen LogP contribution in [-0.2, 0) is 4.74 Å². The van der Waals surface area contributed by atoms with Gasteiger partial charge in [0.2, 0.25) is 0 Å². The van der Waals surface area contributed by atoms with E-state index in [-0.39, 0.29) is 28.6 Å². The smallest absolute Gasteiger partial charge is 0.412 e. The number of carbonyl (C=O) groups is 2. The molecule has 0 radical (unpaired) electrons. The summed E-state index contributed by atoms with van der Waals surface area (Å²) in [6, 6.07) is 1.19. The van der Waals surface area contributed by atoms with Gasteiger partial charge in [-0.15, -0.1) is 0 Å². The number of carbonyl (C=O) groups excluding carboxylic acids is 1. The molecule has 8 heteroatoms. The first-order chi connectivity index (χ1) is 9.42. The van der Waals surface area contributed by atoms with Gasteiger partial charge >= 0.3 is 12.1 Å². The highest BCUT2D eigenvalue weighted by molar-refractivity contribution is 9.10. The standard InChI is InChI=1S/C12H11BrClNO5/c1-3-4-20-12(18)15-9-6(11(16)17)5-7(14)8(13)10(9)19-2/h3,5H,1,4H2,2H3,(H,15,18)(H,16,17). The minimum atomic E-state index is -1.27. The lowest BCUT2D eigenvalue weighted by Crippen LogP contribution is -2.17. The first-order valence-electron chi connectivity index (χ1n) is 5.26. The summed E-state index contributed by atoms with van der Waals surface area (Å²) in [6.45, 7) is 3.39. The van der Waals surface area contributed by atoms with Crippen molar-refractivity contribution in [3.05, 3.63) is 33.8 Å². The Kier molecular flexibility index (Phi) is 5.84. The normalized spacial score (nSPS) is 9.75. The molecule has 0 bridgehead atoms. The fourth-order valence-corrected chi connectivity index (χ4v) is 2.03. The maximum absolute atomic E-state index is 11.5. The number of aromatic carboxylic acids is 1. The van der Waals surface area contributed by atoms with Gasteiger partial charge in [-0.3, -0.25) is 5.32 Å². The molecule has 1 aromatic rings. The van der Waals surface area contributed by atoms with E-state index in [1.54, 1.807) is 0 Å². The van der Waals surface area contributed by atoms with Crippen LogP contribution in [0.4, 0.5) is 10.5 Å². The van der Waals surface area contributed by atoms with Gasteiger partial charge in [0.25, 0.3) is 0 Å². The number of amides is 1. The van der Waals surface area contributed by atoms with Gasteiger partial charge in [-0.05, 0) is 22.0 Å². The summed E-state index contributed by atoms with van der Waals surface area (Å²) in [4.78, 5) is 22.7. The molecule has 6 nitrogen and oxygen atoms in total. The SMILES string of the molecule is C=CCOC(=O)Nc1c(C(=O)O)cc(Cl)c(Br)c1OC. The number of hydrogen-bond donors (Lipinski definition) is 2. The molecule has 0 aromatic heterocycles. The van der Waals surface area contributed by atoms with E-state index in [1.807, 2.05) is 0 Å². The molecular weight excluding hydrogens is 353 g/mol. The van der Waals surface area contributed by atoms with Crippen LogP contribution in [0.1, 0.15) is 10.4 Å². The molecule has 108 valence electrons. The fraction of sp³-hybridized carbons (Fsp3) is 0.167. The summed E-state index contributed by atoms with van der Waals surface area (Å²) < 4.78 is 10.1. The maximum atomic E-state index is 11.5. The van der Waals surface area contributed by atoms with Crippen molar-refractivity contribution in [1.82, 2.24) is 0 Å². The number of carboxylic acids is 1. The van der Waals surface area contributed by atoms with Gasteiger partial charge in [0, 0.05) is 0 Å². The van der Waals surface area contributed by atoms with Crippen molar-refractivity contribution in [3.8, 4) is 5.75 Å². The number of ether oxygens (including phenoxy) is 2. The molecule has 0 saturated carbocycles. The average molecular weight is 365 g/mol. The number of hydrogen-bond acceptors (Lipinski definition) is 4. The van der Waals surface area contributed by atoms with Crippen LogP contribution in [0.5, 0.6) is 5.75 Å². The molecule has 0 aliphatic rings. The summed E-state index contributed by atoms with van der Waals surface area (Å²) in [5, 5.41) is 11.6. The van der Waals surface area contributed by atoms with Crippen LogP contribution in [0.25, 0.3) is 0 Å². The number of rotatable bonds is 5. The highest BCUT2D eigenvalue weighted by Gasteiger charge is 2.22. The van der Waals surface area contributed by atoms with Crippen molar-refractivity contribution in [2.45, 2.75) is 0 Å². The molecule has 0 fully saturated rings. The Morgan fingerprint density at radius 3 is 2.75 bits per heavy atom. The van der Waals surface area contributed by atoms with Crippen LogP contribution >= 0.6 is 27.5 Å². The summed E-state index contributed by atoms with van der Waals surface area (Å²) >= 11 is 9.05. The van der Waals surface area contributed by atoms with Gasteiger partial charge in [-0.25, -0.2) is 9.59 Å². The van der Waals surface area contributed by atoms with Crippen molar-refractivity contribution in [3.63, 3.8) is 0 Å². The summed E-state index contributed by atoms with van der Waals surface area (Å²) in [6.07, 6.45) is 0.548. The molecule has 0 unspecified atom stereocenters. The first-order valence-corrected chi connectivity index (χ1v) is 6.43. The Balaban J connectivity index is 3.27. The van der Waals surface area contributed by atoms with Crippen LogP contribution in [0, 0.1) is 0 Å². The van der Waals surface area contributed by atoms with Crippen LogP contribution in [0.2, 0.25) is 5.02 Å². The van der Waals surface area contributed by atoms with E-state index in [4.69, 9.17) is 26.2 Å². The molecule has 0 aliphatic carbocycles. The molecule has 20 heavy (non-hydrogen) atoms. The van der Waals surface area contributed by atoms with E-state index < -0.39 is 12.1 Å². The molecule has 0 atom stereocenters. The topological polar surface area (TPSA) is 84.9 Å². The summed E-state index contributed by atoms with van der Waals surface area (Å²) in [7, 11) is 1.32. The van der Waals surface area contributed by atoms with Gasteiger partial charge in [0.1, 0.15) is 12.3 Å². The molecule has 1 aromatic carbocycles. The Hall–Kier alpha value is -1.73. The Morgan fingerprint density at radius 2 is 2.25 bits per heavy atom. The van der Waals surface area contributed by atoms with Gasteiger partial charge in [0.05, 0.1) is 22.2 Å². The number of benzene rings is 1. The van der Waals surface area contributed by atoms with Crippen LogP contribution < -0.4 is 10.1 Å². The monoisotopic (exact) mass is 363 g/mol. The maximum Gasteiger partial charge on any atom is 0.412 e. The lowest BCUT2D eigenvalue weighted by molar-refractivity contribution is 0.0697. The van der Waals surface area contributed by atoms with Crippen molar-refractivity contribution < 1.29 is 24.2 Å². The lowest BCUT2D eigenvalue weighted by Gasteiger charge is -2.15. The lowest BCUT2D eigenvalue weighted by atomic mass is 10.1. The molecule has 0 saturated heterocycles. The van der Waals surface area contributed by atoms with Crippen LogP contribution in [0.3, 0.4) is 0 Å². The predicted molar refractivity (Wildman–Crippen MR) is 77.8 cm³/mol. The van der Waals surface area contributed by atoms with E-state index in [1.165, 1.54) is 19.3 Å². The fourth-order valence-electron chi connectivity index (χ4n) is 1.36. The van der Waals surface area contributed by atoms with E-state index >= 15 is 0 Å². The van der Waals surface area contributed by atoms with E-state index in [9.17, 15) is 9.59 Å². The van der Waals surface area contributed by atoms with Gasteiger partial charge < -0.3 is 14.6 Å². The van der Waals surface area contributed by atoms with Gasteiger partial charge in [-0.2, -0.15) is 0 Å². The third kappa shape index (κ3) is 3.64. The van der Waals surface area contributed by atoms with Crippen molar-refractivity contribution >= 4 is 45.3 Å². The number of anilines is 1. The highest BCUT2D eigenvalue weighted by Crippen LogP contribution is 2.41. The quantitative estimate of drug-likeness (QED) is 0.781. The third-order valence-corrected chi connectivity index (χ3v) is 3.48. The molecule has 1 amide bonds. The van der Waals surface area contributed by atoms with E-state index in [2.05, 4.69) is 27.8 Å². The Bertz CT molecular complexity index is 561. The molecule has 2 N–H and O–H groups in total. The second-order valence-corrected chi connectivity index (χ2v) is 4.65. The van der Waals surface area contributed by atoms with Crippen molar-refractivity contribution in [2.75, 3.05) is 19.0 Å². The summed E-state index contributed by atoms with van der Waals surface area (Å²) in [5.74, 6) is -1.18. The van der Waals surface area contributed by atoms with Gasteiger partial charge in [-0.1, -0.05) is 24.3 Å². The van der Waals surface area contributed by atoms with Crippen molar-refractivity contribution in [1.29, 1.82) is 0 Å². The molecule has 0 heterocycles. The first kappa shape index (κ1) is 16.3. The zero-order valence-electron chi connectivity index (χ0n) is 10.4. The van der Waals surface area contributed by atoms with Crippen LogP contribution in [0.15, 0.2) is 23.2 Å². The van der Waals surface area contributed by atoms with Gasteiger partial charge in [0.15, 0.2) is 5.75 Å². The number of halogens is 2. The molecular formula is C12H11BrClNO5. The number of carboxylic acid groups (broad SMARTS) is 1. The predicted octanol–water partition coefficient (Wildman–Crippen LogP) is 3.54.